The lowest BCUT2D eigenvalue weighted by atomic mass is 10.0. The largest absolute Gasteiger partial charge is 0.495 e. The van der Waals surface area contributed by atoms with Crippen LogP contribution in [0.3, 0.4) is 0 Å². The number of nitrogens with one attached hydrogen (secondary N) is 1. The Kier molecular flexibility index (Phi) is 4.84. The lowest BCUT2D eigenvalue weighted by Gasteiger charge is -2.11. The van der Waals surface area contributed by atoms with E-state index in [1.807, 2.05) is 18.2 Å². The van der Waals surface area contributed by atoms with Crippen LogP contribution in [0.25, 0.3) is 0 Å². The molecule has 0 saturated heterocycles. The van der Waals surface area contributed by atoms with Gasteiger partial charge in [0.15, 0.2) is 0 Å². The fraction of sp³-hybridized carbons (Fsp3) is 0.278. The second kappa shape index (κ2) is 6.81. The van der Waals surface area contributed by atoms with Crippen LogP contribution < -0.4 is 10.1 Å². The molecule has 0 atom stereocenters. The van der Waals surface area contributed by atoms with Crippen LogP contribution in [-0.2, 0) is 6.54 Å². The van der Waals surface area contributed by atoms with E-state index in [2.05, 4.69) is 49.5 Å². The second-order valence-electron chi connectivity index (χ2n) is 5.28. The highest BCUT2D eigenvalue weighted by Crippen LogP contribution is 2.21. The lowest BCUT2D eigenvalue weighted by Crippen LogP contribution is -2.01. The fourth-order valence-corrected chi connectivity index (χ4v) is 2.16. The van der Waals surface area contributed by atoms with E-state index in [1.165, 1.54) is 5.56 Å². The third-order valence-corrected chi connectivity index (χ3v) is 3.43. The summed E-state index contributed by atoms with van der Waals surface area (Å²) in [5.41, 5.74) is 4.03. The number of nitriles is 1. The first-order valence-corrected chi connectivity index (χ1v) is 7.05. The molecule has 0 spiro atoms. The number of hydrogen-bond donors (Lipinski definition) is 1. The van der Waals surface area contributed by atoms with Gasteiger partial charge in [0, 0.05) is 12.2 Å². The quantitative estimate of drug-likeness (QED) is 0.888. The van der Waals surface area contributed by atoms with Crippen LogP contribution in [-0.4, -0.2) is 7.11 Å². The van der Waals surface area contributed by atoms with E-state index in [4.69, 9.17) is 10.00 Å². The van der Waals surface area contributed by atoms with Gasteiger partial charge in [-0.2, -0.15) is 5.26 Å². The molecule has 3 heteroatoms. The van der Waals surface area contributed by atoms with Gasteiger partial charge in [0.25, 0.3) is 0 Å². The van der Waals surface area contributed by atoms with Crippen LogP contribution >= 0.6 is 0 Å². The van der Waals surface area contributed by atoms with Crippen molar-refractivity contribution in [1.82, 2.24) is 0 Å². The Bertz CT molecular complexity index is 657. The third-order valence-electron chi connectivity index (χ3n) is 3.43. The average molecular weight is 280 g/mol. The molecule has 3 nitrogen and oxygen atoms in total. The maximum absolute atomic E-state index is 9.11. The Morgan fingerprint density at radius 1 is 1.19 bits per heavy atom. The van der Waals surface area contributed by atoms with Crippen molar-refractivity contribution in [2.75, 3.05) is 12.4 Å². The smallest absolute Gasteiger partial charge is 0.136 e. The summed E-state index contributed by atoms with van der Waals surface area (Å²) in [4.78, 5) is 0. The highest BCUT2D eigenvalue weighted by molar-refractivity contribution is 5.49. The van der Waals surface area contributed by atoms with E-state index in [9.17, 15) is 0 Å². The minimum atomic E-state index is 0.512. The number of rotatable bonds is 5. The van der Waals surface area contributed by atoms with Gasteiger partial charge in [0.2, 0.25) is 0 Å². The summed E-state index contributed by atoms with van der Waals surface area (Å²) < 4.78 is 5.15. The number of anilines is 1. The molecule has 0 amide bonds. The predicted molar refractivity (Wildman–Crippen MR) is 85.6 cm³/mol. The van der Waals surface area contributed by atoms with Crippen LogP contribution in [0.2, 0.25) is 0 Å². The highest BCUT2D eigenvalue weighted by Gasteiger charge is 2.04. The number of hydrogen-bond acceptors (Lipinski definition) is 3. The van der Waals surface area contributed by atoms with Crippen molar-refractivity contribution in [3.05, 3.63) is 59.2 Å². The Morgan fingerprint density at radius 3 is 2.67 bits per heavy atom. The lowest BCUT2D eigenvalue weighted by molar-refractivity contribution is 0.413. The zero-order valence-corrected chi connectivity index (χ0v) is 12.7. The van der Waals surface area contributed by atoms with Crippen LogP contribution in [0.15, 0.2) is 42.5 Å². The zero-order chi connectivity index (χ0) is 15.2. The highest BCUT2D eigenvalue weighted by atomic mass is 16.5. The van der Waals surface area contributed by atoms with Crippen molar-refractivity contribution in [2.45, 2.75) is 26.3 Å². The van der Waals surface area contributed by atoms with Gasteiger partial charge < -0.3 is 10.1 Å². The molecule has 0 unspecified atom stereocenters. The average Bonchev–Trinajstić information content (AvgIpc) is 2.52. The molecule has 21 heavy (non-hydrogen) atoms. The summed E-state index contributed by atoms with van der Waals surface area (Å²) in [5.74, 6) is 1.13. The number of nitrogens with zero attached hydrogens (tertiary/aromatic N) is 1. The molecule has 0 aliphatic rings. The van der Waals surface area contributed by atoms with Gasteiger partial charge >= 0.3 is 0 Å². The Morgan fingerprint density at radius 2 is 2.00 bits per heavy atom. The summed E-state index contributed by atoms with van der Waals surface area (Å²) >= 11 is 0. The van der Waals surface area contributed by atoms with Crippen LogP contribution in [0.4, 0.5) is 5.69 Å². The number of benzene rings is 2. The van der Waals surface area contributed by atoms with Crippen LogP contribution in [0, 0.1) is 11.3 Å². The van der Waals surface area contributed by atoms with Crippen LogP contribution in [0.1, 0.15) is 36.5 Å². The first kappa shape index (κ1) is 14.9. The van der Waals surface area contributed by atoms with E-state index in [0.717, 1.165) is 11.3 Å². The van der Waals surface area contributed by atoms with Crippen molar-refractivity contribution in [2.24, 2.45) is 0 Å². The Labute approximate surface area is 126 Å². The maximum Gasteiger partial charge on any atom is 0.136 e. The minimum Gasteiger partial charge on any atom is -0.495 e. The number of ether oxygens (including phenoxy) is 1. The summed E-state index contributed by atoms with van der Waals surface area (Å²) in [6, 6.07) is 16.2. The van der Waals surface area contributed by atoms with E-state index in [-0.39, 0.29) is 0 Å². The van der Waals surface area contributed by atoms with Gasteiger partial charge in [-0.1, -0.05) is 32.0 Å². The molecule has 0 fully saturated rings. The first-order chi connectivity index (χ1) is 10.1. The molecular weight excluding hydrogens is 260 g/mol. The van der Waals surface area contributed by atoms with Crippen molar-refractivity contribution in [3.63, 3.8) is 0 Å². The molecule has 1 N–H and O–H groups in total. The van der Waals surface area contributed by atoms with Crippen molar-refractivity contribution in [3.8, 4) is 11.8 Å². The summed E-state index contributed by atoms with van der Waals surface area (Å²) in [6.07, 6.45) is 0. The van der Waals surface area contributed by atoms with Gasteiger partial charge in [-0.3, -0.25) is 0 Å². The molecule has 0 radical (unpaired) electrons. The van der Waals surface area contributed by atoms with Crippen molar-refractivity contribution in [1.29, 1.82) is 5.26 Å². The van der Waals surface area contributed by atoms with E-state index in [0.29, 0.717) is 23.8 Å². The Hall–Kier alpha value is -2.47. The standard InChI is InChI=1S/C18H20N2O/c1-13(2)15-5-4-6-17(10-15)20-12-14-7-8-18(21-3)16(9-14)11-19/h4-10,13,20H,12H2,1-3H3. The molecule has 2 aromatic rings. The summed E-state index contributed by atoms with van der Waals surface area (Å²) in [5, 5.41) is 12.5. The maximum atomic E-state index is 9.11. The van der Waals surface area contributed by atoms with E-state index >= 15 is 0 Å². The van der Waals surface area contributed by atoms with Crippen molar-refractivity contribution >= 4 is 5.69 Å². The molecule has 2 aromatic carbocycles. The Balaban J connectivity index is 2.10. The minimum absolute atomic E-state index is 0.512. The van der Waals surface area contributed by atoms with E-state index in [1.54, 1.807) is 7.11 Å². The van der Waals surface area contributed by atoms with Gasteiger partial charge in [-0.05, 0) is 41.3 Å². The molecule has 0 aliphatic heterocycles. The monoisotopic (exact) mass is 280 g/mol. The molecule has 108 valence electrons. The topological polar surface area (TPSA) is 45.0 Å². The number of methoxy groups -OCH3 is 1. The molecule has 0 aliphatic carbocycles. The van der Waals surface area contributed by atoms with Gasteiger partial charge in [-0.15, -0.1) is 0 Å². The van der Waals surface area contributed by atoms with Gasteiger partial charge in [-0.25, -0.2) is 0 Å². The van der Waals surface area contributed by atoms with Crippen LogP contribution in [0.5, 0.6) is 5.75 Å². The third kappa shape index (κ3) is 3.76. The summed E-state index contributed by atoms with van der Waals surface area (Å²) in [7, 11) is 1.57. The van der Waals surface area contributed by atoms with E-state index < -0.39 is 0 Å². The zero-order valence-electron chi connectivity index (χ0n) is 12.7. The van der Waals surface area contributed by atoms with Crippen molar-refractivity contribution < 1.29 is 4.74 Å². The molecule has 0 heterocycles. The SMILES string of the molecule is COc1ccc(CNc2cccc(C(C)C)c2)cc1C#N. The molecule has 0 bridgehead atoms. The molecular formula is C18H20N2O. The first-order valence-electron chi connectivity index (χ1n) is 7.05. The normalized spacial score (nSPS) is 10.2. The summed E-state index contributed by atoms with van der Waals surface area (Å²) in [6.45, 7) is 5.05. The van der Waals surface area contributed by atoms with Gasteiger partial charge in [0.1, 0.15) is 11.8 Å². The predicted octanol–water partition coefficient (Wildman–Crippen LogP) is 4.30. The second-order valence-corrected chi connectivity index (χ2v) is 5.28. The molecule has 2 rings (SSSR count). The fourth-order valence-electron chi connectivity index (χ4n) is 2.16. The molecule has 0 saturated carbocycles. The molecule has 0 aromatic heterocycles. The van der Waals surface area contributed by atoms with Gasteiger partial charge in [0.05, 0.1) is 12.7 Å².